The van der Waals surface area contributed by atoms with Crippen LogP contribution in [0.15, 0.2) is 35.3 Å². The van der Waals surface area contributed by atoms with Crippen LogP contribution in [0.5, 0.6) is 0 Å². The molecule has 2 aliphatic rings. The summed E-state index contributed by atoms with van der Waals surface area (Å²) in [5, 5.41) is 4.65. The quantitative estimate of drug-likeness (QED) is 0.915. The van der Waals surface area contributed by atoms with Gasteiger partial charge in [-0.1, -0.05) is 42.1 Å². The standard InChI is InChI=1S/C15H21N3S/c1-2-6-13(7-3-1)14-12-19-15(17-14)16-8-11-18-9-4-5-10-18/h1-3,6-7,14H,4-5,8-12H2,(H,16,17). The van der Waals surface area contributed by atoms with E-state index in [2.05, 4.69) is 45.5 Å². The molecule has 0 saturated carbocycles. The number of rotatable bonds is 4. The third kappa shape index (κ3) is 3.51. The van der Waals surface area contributed by atoms with Crippen molar-refractivity contribution in [3.05, 3.63) is 35.9 Å². The van der Waals surface area contributed by atoms with Gasteiger partial charge in [-0.15, -0.1) is 0 Å². The van der Waals surface area contributed by atoms with Crippen LogP contribution in [-0.4, -0.2) is 42.0 Å². The topological polar surface area (TPSA) is 27.6 Å². The first-order chi connectivity index (χ1) is 9.42. The summed E-state index contributed by atoms with van der Waals surface area (Å²) < 4.78 is 0. The Morgan fingerprint density at radius 3 is 2.79 bits per heavy atom. The summed E-state index contributed by atoms with van der Waals surface area (Å²) in [5.74, 6) is 1.09. The third-order valence-electron chi connectivity index (χ3n) is 3.76. The molecule has 1 atom stereocenters. The average Bonchev–Trinajstić information content (AvgIpc) is 3.11. The lowest BCUT2D eigenvalue weighted by molar-refractivity contribution is 0.349. The van der Waals surface area contributed by atoms with Crippen LogP contribution in [0.1, 0.15) is 24.4 Å². The Bertz CT molecular complexity index is 426. The summed E-state index contributed by atoms with van der Waals surface area (Å²) in [5.41, 5.74) is 1.36. The maximum atomic E-state index is 4.69. The number of amidine groups is 1. The molecule has 0 aliphatic carbocycles. The fraction of sp³-hybridized carbons (Fsp3) is 0.533. The molecule has 19 heavy (non-hydrogen) atoms. The monoisotopic (exact) mass is 275 g/mol. The highest BCUT2D eigenvalue weighted by Crippen LogP contribution is 2.25. The lowest BCUT2D eigenvalue weighted by Crippen LogP contribution is -2.24. The van der Waals surface area contributed by atoms with Crippen molar-refractivity contribution in [2.24, 2.45) is 4.99 Å². The number of hydrogen-bond acceptors (Lipinski definition) is 3. The molecule has 1 N–H and O–H groups in total. The van der Waals surface area contributed by atoms with Gasteiger partial charge in [0.25, 0.3) is 0 Å². The summed E-state index contributed by atoms with van der Waals surface area (Å²) in [6.07, 6.45) is 2.72. The molecular formula is C15H21N3S. The molecule has 0 spiro atoms. The lowest BCUT2D eigenvalue weighted by atomic mass is 10.1. The van der Waals surface area contributed by atoms with Crippen LogP contribution >= 0.6 is 11.8 Å². The normalized spacial score (nSPS) is 25.9. The summed E-state index contributed by atoms with van der Waals surface area (Å²) in [7, 11) is 0. The second kappa shape index (κ2) is 6.44. The second-order valence-electron chi connectivity index (χ2n) is 5.15. The van der Waals surface area contributed by atoms with Crippen molar-refractivity contribution >= 4 is 16.9 Å². The van der Waals surface area contributed by atoms with Crippen LogP contribution < -0.4 is 5.32 Å². The molecule has 4 heteroatoms. The molecule has 2 heterocycles. The van der Waals surface area contributed by atoms with Crippen LogP contribution in [0, 0.1) is 0 Å². The molecule has 1 aromatic carbocycles. The minimum atomic E-state index is 0.428. The summed E-state index contributed by atoms with van der Waals surface area (Å²) in [6.45, 7) is 4.56. The average molecular weight is 275 g/mol. The first-order valence-corrected chi connectivity index (χ1v) is 8.11. The van der Waals surface area contributed by atoms with Crippen molar-refractivity contribution in [1.82, 2.24) is 10.2 Å². The maximum absolute atomic E-state index is 4.69. The Kier molecular flexibility index (Phi) is 4.41. The Morgan fingerprint density at radius 1 is 1.21 bits per heavy atom. The van der Waals surface area contributed by atoms with Crippen LogP contribution in [0.4, 0.5) is 0 Å². The molecular weight excluding hydrogens is 254 g/mol. The molecule has 0 aromatic heterocycles. The zero-order valence-electron chi connectivity index (χ0n) is 11.2. The second-order valence-corrected chi connectivity index (χ2v) is 6.16. The van der Waals surface area contributed by atoms with Crippen LogP contribution in [-0.2, 0) is 0 Å². The summed E-state index contributed by atoms with van der Waals surface area (Å²) in [4.78, 5) is 7.20. The van der Waals surface area contributed by atoms with Crippen LogP contribution in [0.25, 0.3) is 0 Å². The molecule has 0 radical (unpaired) electrons. The Hall–Kier alpha value is -1.00. The predicted molar refractivity (Wildman–Crippen MR) is 82.8 cm³/mol. The van der Waals surface area contributed by atoms with Crippen molar-refractivity contribution in [2.45, 2.75) is 18.9 Å². The van der Waals surface area contributed by atoms with E-state index in [0.29, 0.717) is 6.04 Å². The van der Waals surface area contributed by atoms with Crippen LogP contribution in [0.2, 0.25) is 0 Å². The van der Waals surface area contributed by atoms with E-state index < -0.39 is 0 Å². The molecule has 2 aliphatic heterocycles. The Balaban J connectivity index is 1.48. The van der Waals surface area contributed by atoms with Gasteiger partial charge in [-0.2, -0.15) is 0 Å². The van der Waals surface area contributed by atoms with Gasteiger partial charge in [0, 0.05) is 12.3 Å². The van der Waals surface area contributed by atoms with E-state index in [1.807, 2.05) is 11.8 Å². The van der Waals surface area contributed by atoms with Gasteiger partial charge in [-0.25, -0.2) is 0 Å². The minimum Gasteiger partial charge on any atom is -0.357 e. The molecule has 2 saturated heterocycles. The number of nitrogens with zero attached hydrogens (tertiary/aromatic N) is 2. The smallest absolute Gasteiger partial charge is 0.157 e. The molecule has 3 rings (SSSR count). The van der Waals surface area contributed by atoms with E-state index >= 15 is 0 Å². The van der Waals surface area contributed by atoms with Gasteiger partial charge in [0.2, 0.25) is 0 Å². The number of likely N-dealkylation sites (tertiary alicyclic amines) is 1. The Labute approximate surface area is 119 Å². The number of hydrogen-bond donors (Lipinski definition) is 1. The highest BCUT2D eigenvalue weighted by molar-refractivity contribution is 8.14. The largest absolute Gasteiger partial charge is 0.357 e. The molecule has 1 aromatic rings. The molecule has 3 nitrogen and oxygen atoms in total. The van der Waals surface area contributed by atoms with Crippen LogP contribution in [0.3, 0.4) is 0 Å². The summed E-state index contributed by atoms with van der Waals surface area (Å²) >= 11 is 1.85. The predicted octanol–water partition coefficient (Wildman–Crippen LogP) is 2.52. The first kappa shape index (κ1) is 13.0. The van der Waals surface area contributed by atoms with Crippen molar-refractivity contribution in [3.63, 3.8) is 0 Å². The van der Waals surface area contributed by atoms with Gasteiger partial charge in [0.05, 0.1) is 12.6 Å². The van der Waals surface area contributed by atoms with E-state index in [4.69, 9.17) is 0 Å². The van der Waals surface area contributed by atoms with Crippen molar-refractivity contribution in [1.29, 1.82) is 0 Å². The van der Waals surface area contributed by atoms with E-state index in [-0.39, 0.29) is 0 Å². The van der Waals surface area contributed by atoms with Crippen molar-refractivity contribution in [3.8, 4) is 0 Å². The maximum Gasteiger partial charge on any atom is 0.157 e. The molecule has 102 valence electrons. The number of aliphatic imine (C=N–C) groups is 1. The molecule has 0 bridgehead atoms. The van der Waals surface area contributed by atoms with Gasteiger partial charge in [-0.3, -0.25) is 4.99 Å². The third-order valence-corrected chi connectivity index (χ3v) is 4.78. The molecule has 0 amide bonds. The van der Waals surface area contributed by atoms with E-state index in [9.17, 15) is 0 Å². The Morgan fingerprint density at radius 2 is 2.00 bits per heavy atom. The highest BCUT2D eigenvalue weighted by atomic mass is 32.2. The van der Waals surface area contributed by atoms with Gasteiger partial charge in [-0.05, 0) is 31.5 Å². The fourth-order valence-electron chi connectivity index (χ4n) is 2.65. The van der Waals surface area contributed by atoms with Crippen molar-refractivity contribution < 1.29 is 0 Å². The zero-order valence-corrected chi connectivity index (χ0v) is 12.0. The fourth-order valence-corrected chi connectivity index (χ4v) is 3.66. The van der Waals surface area contributed by atoms with E-state index in [0.717, 1.165) is 24.0 Å². The SMILES string of the molecule is c1ccc(C2CSC(=NCCN3CCCC3)N2)cc1. The molecule has 1 unspecified atom stereocenters. The number of nitrogens with one attached hydrogen (secondary N) is 1. The van der Waals surface area contributed by atoms with Gasteiger partial charge < -0.3 is 10.2 Å². The van der Waals surface area contributed by atoms with Gasteiger partial charge in [0.15, 0.2) is 5.17 Å². The molecule has 2 fully saturated rings. The van der Waals surface area contributed by atoms with Crippen molar-refractivity contribution in [2.75, 3.05) is 31.9 Å². The summed E-state index contributed by atoms with van der Waals surface area (Å²) in [6, 6.07) is 11.1. The number of benzene rings is 1. The number of thioether (sulfide) groups is 1. The minimum absolute atomic E-state index is 0.428. The van der Waals surface area contributed by atoms with Gasteiger partial charge in [0.1, 0.15) is 0 Å². The first-order valence-electron chi connectivity index (χ1n) is 7.13. The zero-order chi connectivity index (χ0) is 12.9. The lowest BCUT2D eigenvalue weighted by Gasteiger charge is -2.12. The van der Waals surface area contributed by atoms with E-state index in [1.165, 1.54) is 31.5 Å². The van der Waals surface area contributed by atoms with Gasteiger partial charge >= 0.3 is 0 Å². The van der Waals surface area contributed by atoms with E-state index in [1.54, 1.807) is 0 Å². The highest BCUT2D eigenvalue weighted by Gasteiger charge is 2.21.